The van der Waals surface area contributed by atoms with E-state index in [0.717, 1.165) is 0 Å². The van der Waals surface area contributed by atoms with Crippen LogP contribution in [-0.4, -0.2) is 17.1 Å². The summed E-state index contributed by atoms with van der Waals surface area (Å²) in [7, 11) is 0. The molecule has 6 heavy (non-hydrogen) atoms. The molecule has 5 heteroatoms. The molecule has 0 unspecified atom stereocenters. The van der Waals surface area contributed by atoms with Gasteiger partial charge in [0, 0.05) is 0 Å². The Morgan fingerprint density at radius 2 is 1.67 bits per heavy atom. The summed E-state index contributed by atoms with van der Waals surface area (Å²) in [5.74, 6) is 0. The second kappa shape index (κ2) is 1.14. The van der Waals surface area contributed by atoms with Gasteiger partial charge >= 0.3 is 0 Å². The number of hydroxylamine groups is 4. The molecule has 0 aromatic heterocycles. The lowest BCUT2D eigenvalue weighted by molar-refractivity contribution is -0.402. The van der Waals surface area contributed by atoms with Gasteiger partial charge in [0.05, 0.1) is 6.67 Å². The fourth-order valence-electron chi connectivity index (χ4n) is 0.189. The normalized spacial score (nSPS) is 27.0. The summed E-state index contributed by atoms with van der Waals surface area (Å²) < 4.78 is 0. The quantitative estimate of drug-likeness (QED) is 0.397. The van der Waals surface area contributed by atoms with Crippen LogP contribution in [0.3, 0.4) is 0 Å². The first-order chi connectivity index (χ1) is 2.79. The van der Waals surface area contributed by atoms with Crippen molar-refractivity contribution in [1.82, 2.24) is 10.5 Å². The molecule has 0 radical (unpaired) electrons. The van der Waals surface area contributed by atoms with Crippen LogP contribution >= 0.6 is 0 Å². The first kappa shape index (κ1) is 3.97. The highest BCUT2D eigenvalue weighted by Gasteiger charge is 2.04. The molecule has 1 aliphatic rings. The van der Waals surface area contributed by atoms with Gasteiger partial charge in [-0.2, -0.15) is 0 Å². The van der Waals surface area contributed by atoms with Crippen molar-refractivity contribution in [3.63, 3.8) is 0 Å². The highest BCUT2D eigenvalue weighted by molar-refractivity contribution is 4.48. The third-order valence-electron chi connectivity index (χ3n) is 0.413. The lowest BCUT2D eigenvalue weighted by atomic mass is 11.1. The Hall–Kier alpha value is -0.200. The zero-order valence-electron chi connectivity index (χ0n) is 2.83. The van der Waals surface area contributed by atoms with Crippen molar-refractivity contribution in [2.45, 2.75) is 0 Å². The van der Waals surface area contributed by atoms with E-state index in [0.29, 0.717) is 0 Å². The predicted molar refractivity (Wildman–Crippen MR) is 16.4 cm³/mol. The fraction of sp³-hybridized carbons (Fsp3) is 1.00. The van der Waals surface area contributed by atoms with Gasteiger partial charge in [0.2, 0.25) is 0 Å². The molecule has 1 aliphatic heterocycles. The summed E-state index contributed by atoms with van der Waals surface area (Å²) in [6.45, 7) is -0.194. The largest absolute Gasteiger partial charge is 0.760 e. The third kappa shape index (κ3) is 0.490. The van der Waals surface area contributed by atoms with E-state index in [-0.39, 0.29) is 17.1 Å². The second-order valence-electron chi connectivity index (χ2n) is 0.889. The number of rotatable bonds is 0. The maximum absolute atomic E-state index is 9.56. The van der Waals surface area contributed by atoms with Gasteiger partial charge in [0.25, 0.3) is 0 Å². The average molecular weight is 90.0 g/mol. The SMILES string of the molecule is [O-]N1CN([O-])O1. The van der Waals surface area contributed by atoms with E-state index in [9.17, 15) is 10.4 Å². The minimum Gasteiger partial charge on any atom is -0.760 e. The van der Waals surface area contributed by atoms with Crippen molar-refractivity contribution in [1.29, 1.82) is 0 Å². The van der Waals surface area contributed by atoms with Crippen LogP contribution in [0.25, 0.3) is 0 Å². The minimum absolute atomic E-state index is 0.188. The lowest BCUT2D eigenvalue weighted by Crippen LogP contribution is -2.45. The number of hydrogen-bond acceptors (Lipinski definition) is 5. The minimum atomic E-state index is -0.194. The Kier molecular flexibility index (Phi) is 0.754. The zero-order chi connectivity index (χ0) is 4.57. The number of nitrogens with zero attached hydrogens (tertiary/aromatic N) is 2. The van der Waals surface area contributed by atoms with Crippen molar-refractivity contribution in [2.75, 3.05) is 6.67 Å². The van der Waals surface area contributed by atoms with Gasteiger partial charge in [0.15, 0.2) is 0 Å². The lowest BCUT2D eigenvalue weighted by Gasteiger charge is -2.48. The van der Waals surface area contributed by atoms with Crippen LogP contribution in [0.1, 0.15) is 0 Å². The van der Waals surface area contributed by atoms with Crippen LogP contribution in [0.2, 0.25) is 0 Å². The topological polar surface area (TPSA) is 61.8 Å². The van der Waals surface area contributed by atoms with Crippen molar-refractivity contribution < 1.29 is 4.94 Å². The Labute approximate surface area is 33.8 Å². The van der Waals surface area contributed by atoms with Gasteiger partial charge in [-0.25, -0.2) is 15.4 Å². The van der Waals surface area contributed by atoms with Crippen LogP contribution in [0.15, 0.2) is 0 Å². The third-order valence-corrected chi connectivity index (χ3v) is 0.413. The monoisotopic (exact) mass is 90.0 g/mol. The standard InChI is InChI=1S/CH2N2O3/c4-2-1-3(5)6-2/h1H2/q-2. The van der Waals surface area contributed by atoms with E-state index in [2.05, 4.69) is 4.94 Å². The fourth-order valence-corrected chi connectivity index (χ4v) is 0.189. The summed E-state index contributed by atoms with van der Waals surface area (Å²) in [6.07, 6.45) is 0. The first-order valence-corrected chi connectivity index (χ1v) is 1.36. The first-order valence-electron chi connectivity index (χ1n) is 1.36. The molecular formula is CH2N2O3-2. The van der Waals surface area contributed by atoms with Gasteiger partial charge in [-0.15, -0.1) is 0 Å². The molecular weight excluding hydrogens is 88.0 g/mol. The Morgan fingerprint density at radius 3 is 1.67 bits per heavy atom. The van der Waals surface area contributed by atoms with Gasteiger partial charge in [0.1, 0.15) is 0 Å². The van der Waals surface area contributed by atoms with Gasteiger partial charge in [-0.05, 0) is 0 Å². The van der Waals surface area contributed by atoms with E-state index in [1.165, 1.54) is 0 Å². The summed E-state index contributed by atoms with van der Waals surface area (Å²) in [6, 6.07) is 0. The highest BCUT2D eigenvalue weighted by atomic mass is 17.1. The molecule has 0 aliphatic carbocycles. The van der Waals surface area contributed by atoms with Crippen LogP contribution in [0.5, 0.6) is 0 Å². The summed E-state index contributed by atoms with van der Waals surface area (Å²) in [5, 5.41) is 19.5. The highest BCUT2D eigenvalue weighted by Crippen LogP contribution is 2.03. The van der Waals surface area contributed by atoms with E-state index in [4.69, 9.17) is 0 Å². The van der Waals surface area contributed by atoms with Crippen LogP contribution in [0.4, 0.5) is 0 Å². The predicted octanol–water partition coefficient (Wildman–Crippen LogP) is -0.596. The van der Waals surface area contributed by atoms with E-state index < -0.39 is 0 Å². The molecule has 0 N–H and O–H groups in total. The van der Waals surface area contributed by atoms with Gasteiger partial charge in [-0.3, -0.25) is 0 Å². The molecule has 0 bridgehead atoms. The summed E-state index contributed by atoms with van der Waals surface area (Å²) in [4.78, 5) is 3.69. The molecule has 5 nitrogen and oxygen atoms in total. The number of hydrogen-bond donors (Lipinski definition) is 0. The van der Waals surface area contributed by atoms with E-state index in [1.807, 2.05) is 0 Å². The maximum Gasteiger partial charge on any atom is 0.0771 e. The van der Waals surface area contributed by atoms with Crippen LogP contribution in [-0.2, 0) is 4.94 Å². The second-order valence-corrected chi connectivity index (χ2v) is 0.889. The molecule has 0 aromatic carbocycles. The van der Waals surface area contributed by atoms with Gasteiger partial charge in [-0.1, -0.05) is 0 Å². The van der Waals surface area contributed by atoms with E-state index in [1.54, 1.807) is 0 Å². The molecule has 0 amide bonds. The van der Waals surface area contributed by atoms with E-state index >= 15 is 0 Å². The Balaban J connectivity index is 2.11. The molecule has 1 rings (SSSR count). The van der Waals surface area contributed by atoms with Crippen molar-refractivity contribution in [3.05, 3.63) is 10.4 Å². The summed E-state index contributed by atoms with van der Waals surface area (Å²) in [5.41, 5.74) is 0. The Morgan fingerprint density at radius 1 is 1.33 bits per heavy atom. The van der Waals surface area contributed by atoms with Crippen molar-refractivity contribution >= 4 is 0 Å². The molecule has 0 atom stereocenters. The smallest absolute Gasteiger partial charge is 0.0771 e. The molecule has 0 aromatic rings. The molecule has 0 saturated carbocycles. The molecule has 1 saturated heterocycles. The maximum atomic E-state index is 9.56. The van der Waals surface area contributed by atoms with Crippen molar-refractivity contribution in [3.8, 4) is 0 Å². The molecule has 1 fully saturated rings. The van der Waals surface area contributed by atoms with Crippen LogP contribution in [0, 0.1) is 10.4 Å². The average Bonchev–Trinajstić information content (AvgIpc) is 1.33. The Bertz CT molecular complexity index is 44.8. The molecule has 1 heterocycles. The molecule has 0 spiro atoms. The van der Waals surface area contributed by atoms with Gasteiger partial charge < -0.3 is 10.4 Å². The molecule has 36 valence electrons. The summed E-state index contributed by atoms with van der Waals surface area (Å²) >= 11 is 0. The zero-order valence-corrected chi connectivity index (χ0v) is 2.83. The van der Waals surface area contributed by atoms with Crippen LogP contribution < -0.4 is 0 Å². The van der Waals surface area contributed by atoms with Crippen molar-refractivity contribution in [2.24, 2.45) is 0 Å².